The first-order valence-corrected chi connectivity index (χ1v) is 8.58. The zero-order valence-corrected chi connectivity index (χ0v) is 14.1. The Morgan fingerprint density at radius 1 is 1.08 bits per heavy atom. The number of ether oxygens (including phenoxy) is 5. The zero-order chi connectivity index (χ0) is 18.6. The summed E-state index contributed by atoms with van der Waals surface area (Å²) < 4.78 is 27.9. The van der Waals surface area contributed by atoms with E-state index in [0.717, 1.165) is 0 Å². The van der Waals surface area contributed by atoms with Gasteiger partial charge in [-0.05, 0) is 6.08 Å². The van der Waals surface area contributed by atoms with E-state index in [-0.39, 0.29) is 24.7 Å². The van der Waals surface area contributed by atoms with Gasteiger partial charge in [-0.2, -0.15) is 0 Å². The third-order valence-electron chi connectivity index (χ3n) is 5.87. The van der Waals surface area contributed by atoms with Gasteiger partial charge in [0.15, 0.2) is 6.29 Å². The number of aliphatic hydroxyl groups is 5. The summed E-state index contributed by atoms with van der Waals surface area (Å²) in [6.07, 6.45) is -5.21. The summed E-state index contributed by atoms with van der Waals surface area (Å²) in [5.74, 6) is -0.547. The van der Waals surface area contributed by atoms with Crippen LogP contribution in [0.5, 0.6) is 0 Å². The van der Waals surface area contributed by atoms with Crippen LogP contribution in [-0.4, -0.2) is 101 Å². The Hall–Kier alpha value is -0.820. The first-order chi connectivity index (χ1) is 12.5. The van der Waals surface area contributed by atoms with Crippen molar-refractivity contribution in [2.24, 2.45) is 11.8 Å². The standard InChI is InChI=1S/C16H24O10/c1-22-12-6-2-3-23-14(8(6)16(5-18)13(12)26-16)25-15-11(21)10(20)9(19)7(4-17)24-15/h2-3,6-15,17-21H,4-5H2,1H3/t6-,7+,8+,9+,10-,11-,12-,13-,14-,15-,16+/m0/s1. The smallest absolute Gasteiger partial charge is 0.208 e. The molecule has 10 heteroatoms. The largest absolute Gasteiger partial charge is 0.472 e. The lowest BCUT2D eigenvalue weighted by Crippen LogP contribution is -2.60. The molecule has 0 radical (unpaired) electrons. The maximum absolute atomic E-state index is 10.2. The van der Waals surface area contributed by atoms with E-state index in [9.17, 15) is 25.5 Å². The van der Waals surface area contributed by atoms with Crippen molar-refractivity contribution in [3.63, 3.8) is 0 Å². The van der Waals surface area contributed by atoms with Gasteiger partial charge in [0.25, 0.3) is 0 Å². The lowest BCUT2D eigenvalue weighted by molar-refractivity contribution is -0.344. The van der Waals surface area contributed by atoms with Crippen LogP contribution in [0.4, 0.5) is 0 Å². The molecule has 0 amide bonds. The predicted octanol–water partition coefficient (Wildman–Crippen LogP) is -2.94. The third-order valence-corrected chi connectivity index (χ3v) is 5.87. The maximum atomic E-state index is 10.2. The number of fused-ring (bicyclic) bond motifs is 3. The first-order valence-electron chi connectivity index (χ1n) is 8.58. The summed E-state index contributed by atoms with van der Waals surface area (Å²) in [4.78, 5) is 0. The van der Waals surface area contributed by atoms with Crippen molar-refractivity contribution in [3.8, 4) is 0 Å². The molecule has 3 aliphatic heterocycles. The SMILES string of the molecule is CO[C@H]1[C@H]2C=CO[C@@H](O[C@@H]3O[C@H](CO)[C@@H](O)[C@H](O)[C@@H]3O)[C@@H]2[C@@]2(CO)O[C@@H]12. The van der Waals surface area contributed by atoms with Gasteiger partial charge in [-0.3, -0.25) is 0 Å². The molecule has 4 aliphatic rings. The number of rotatable bonds is 5. The molecule has 148 valence electrons. The molecule has 0 aromatic rings. The van der Waals surface area contributed by atoms with Gasteiger partial charge in [0, 0.05) is 13.0 Å². The minimum Gasteiger partial charge on any atom is -0.472 e. The van der Waals surface area contributed by atoms with E-state index in [1.54, 1.807) is 7.11 Å². The Morgan fingerprint density at radius 2 is 1.85 bits per heavy atom. The molecule has 0 bridgehead atoms. The molecule has 26 heavy (non-hydrogen) atoms. The fourth-order valence-corrected chi connectivity index (χ4v) is 4.43. The number of aliphatic hydroxyl groups excluding tert-OH is 5. The molecule has 0 spiro atoms. The zero-order valence-electron chi connectivity index (χ0n) is 14.1. The number of epoxide rings is 1. The van der Waals surface area contributed by atoms with Crippen LogP contribution in [0.2, 0.25) is 0 Å². The second kappa shape index (κ2) is 6.66. The first kappa shape index (κ1) is 18.5. The van der Waals surface area contributed by atoms with Gasteiger partial charge in [0.2, 0.25) is 6.29 Å². The van der Waals surface area contributed by atoms with Crippen LogP contribution < -0.4 is 0 Å². The third kappa shape index (κ3) is 2.53. The lowest BCUT2D eigenvalue weighted by atomic mass is 9.85. The van der Waals surface area contributed by atoms with Crippen molar-refractivity contribution in [2.75, 3.05) is 20.3 Å². The van der Waals surface area contributed by atoms with Crippen molar-refractivity contribution in [1.29, 1.82) is 0 Å². The van der Waals surface area contributed by atoms with Crippen LogP contribution >= 0.6 is 0 Å². The molecular formula is C16H24O10. The number of methoxy groups -OCH3 is 1. The van der Waals surface area contributed by atoms with E-state index in [2.05, 4.69) is 0 Å². The molecule has 4 rings (SSSR count). The summed E-state index contributed by atoms with van der Waals surface area (Å²) in [7, 11) is 1.56. The van der Waals surface area contributed by atoms with Crippen molar-refractivity contribution < 1.29 is 49.2 Å². The quantitative estimate of drug-likeness (QED) is 0.315. The summed E-state index contributed by atoms with van der Waals surface area (Å²) in [5.41, 5.74) is -0.866. The normalized spacial score (nSPS) is 55.2. The monoisotopic (exact) mass is 376 g/mol. The van der Waals surface area contributed by atoms with Crippen LogP contribution in [0.15, 0.2) is 12.3 Å². The van der Waals surface area contributed by atoms with Crippen LogP contribution in [-0.2, 0) is 23.7 Å². The molecule has 1 saturated carbocycles. The Balaban J connectivity index is 1.54. The highest BCUT2D eigenvalue weighted by atomic mass is 16.8. The highest BCUT2D eigenvalue weighted by Gasteiger charge is 2.76. The summed E-state index contributed by atoms with van der Waals surface area (Å²) in [6, 6.07) is 0. The minimum absolute atomic E-state index is 0.130. The van der Waals surface area contributed by atoms with Crippen LogP contribution in [0.1, 0.15) is 0 Å². The van der Waals surface area contributed by atoms with Crippen LogP contribution in [0.25, 0.3) is 0 Å². The number of hydrogen-bond acceptors (Lipinski definition) is 10. The van der Waals surface area contributed by atoms with Gasteiger partial charge in [-0.15, -0.1) is 0 Å². The van der Waals surface area contributed by atoms with Gasteiger partial charge in [-0.1, -0.05) is 0 Å². The second-order valence-electron chi connectivity index (χ2n) is 7.12. The lowest BCUT2D eigenvalue weighted by Gasteiger charge is -2.43. The van der Waals surface area contributed by atoms with Gasteiger partial charge < -0.3 is 49.2 Å². The average Bonchev–Trinajstić information content (AvgIpc) is 3.31. The van der Waals surface area contributed by atoms with Crippen molar-refractivity contribution in [3.05, 3.63) is 12.3 Å². The maximum Gasteiger partial charge on any atom is 0.208 e. The fourth-order valence-electron chi connectivity index (χ4n) is 4.43. The molecule has 10 nitrogen and oxygen atoms in total. The minimum atomic E-state index is -1.55. The topological polar surface area (TPSA) is 151 Å². The van der Waals surface area contributed by atoms with Crippen molar-refractivity contribution >= 4 is 0 Å². The van der Waals surface area contributed by atoms with Gasteiger partial charge in [0.05, 0.1) is 31.5 Å². The van der Waals surface area contributed by atoms with E-state index in [0.29, 0.717) is 0 Å². The van der Waals surface area contributed by atoms with E-state index in [4.69, 9.17) is 23.7 Å². The van der Waals surface area contributed by atoms with E-state index in [1.165, 1.54) is 6.26 Å². The Bertz CT molecular complexity index is 555. The Kier molecular flexibility index (Phi) is 4.75. The van der Waals surface area contributed by atoms with E-state index in [1.807, 2.05) is 6.08 Å². The van der Waals surface area contributed by atoms with Gasteiger partial charge in [0.1, 0.15) is 36.1 Å². The van der Waals surface area contributed by atoms with Crippen molar-refractivity contribution in [2.45, 2.75) is 54.8 Å². The second-order valence-corrected chi connectivity index (χ2v) is 7.12. The highest BCUT2D eigenvalue weighted by molar-refractivity contribution is 5.25. The van der Waals surface area contributed by atoms with Gasteiger partial charge in [-0.25, -0.2) is 0 Å². The summed E-state index contributed by atoms with van der Waals surface area (Å²) in [6.45, 7) is -0.801. The predicted molar refractivity (Wildman–Crippen MR) is 81.3 cm³/mol. The molecule has 3 fully saturated rings. The van der Waals surface area contributed by atoms with E-state index < -0.39 is 55.1 Å². The fraction of sp³-hybridized carbons (Fsp3) is 0.875. The van der Waals surface area contributed by atoms with Crippen LogP contribution in [0, 0.1) is 11.8 Å². The molecule has 5 N–H and O–H groups in total. The summed E-state index contributed by atoms with van der Waals surface area (Å²) in [5, 5.41) is 49.1. The molecule has 3 heterocycles. The molecule has 11 atom stereocenters. The Labute approximate surface area is 149 Å². The van der Waals surface area contributed by atoms with Crippen LogP contribution in [0.3, 0.4) is 0 Å². The van der Waals surface area contributed by atoms with Crippen molar-refractivity contribution in [1.82, 2.24) is 0 Å². The molecule has 0 aromatic heterocycles. The molecular weight excluding hydrogens is 352 g/mol. The summed E-state index contributed by atoms with van der Waals surface area (Å²) >= 11 is 0. The molecule has 2 saturated heterocycles. The molecule has 1 aliphatic carbocycles. The molecule has 0 unspecified atom stereocenters. The number of hydrogen-bond donors (Lipinski definition) is 5. The van der Waals surface area contributed by atoms with Gasteiger partial charge >= 0.3 is 0 Å². The Morgan fingerprint density at radius 3 is 2.50 bits per heavy atom. The van der Waals surface area contributed by atoms with E-state index >= 15 is 0 Å². The average molecular weight is 376 g/mol. The highest BCUT2D eigenvalue weighted by Crippen LogP contribution is 2.60. The molecule has 0 aromatic carbocycles.